The minimum absolute atomic E-state index is 0.567. The molecule has 0 atom stereocenters. The van der Waals surface area contributed by atoms with E-state index >= 15 is 0 Å². The lowest BCUT2D eigenvalue weighted by Gasteiger charge is -2.08. The number of rotatable bonds is 38. The second kappa shape index (κ2) is 39.7. The van der Waals surface area contributed by atoms with E-state index in [0.717, 1.165) is 26.1 Å². The Balaban J connectivity index is 3.02. The third kappa shape index (κ3) is 39.7. The number of hydrogen-bond donors (Lipinski definition) is 0. The molecule has 41 heavy (non-hydrogen) atoms. The van der Waals surface area contributed by atoms with Gasteiger partial charge in [0.05, 0.1) is 79.3 Å². The van der Waals surface area contributed by atoms with Gasteiger partial charge < -0.3 is 33.2 Å². The number of hydrogen-bond acceptors (Lipinski definition) is 7. The van der Waals surface area contributed by atoms with Crippen molar-refractivity contribution in [2.45, 2.75) is 129 Å². The van der Waals surface area contributed by atoms with E-state index in [0.29, 0.717) is 79.3 Å². The molecule has 0 aromatic carbocycles. The van der Waals surface area contributed by atoms with Gasteiger partial charge in [0.15, 0.2) is 0 Å². The molecule has 0 saturated heterocycles. The van der Waals surface area contributed by atoms with Crippen LogP contribution in [-0.2, 0) is 33.2 Å². The Kier molecular flexibility index (Phi) is 39.4. The molecule has 0 saturated carbocycles. The van der Waals surface area contributed by atoms with Crippen LogP contribution in [0.5, 0.6) is 0 Å². The molecule has 7 nitrogen and oxygen atoms in total. The highest BCUT2D eigenvalue weighted by molar-refractivity contribution is 4.49. The van der Waals surface area contributed by atoms with Gasteiger partial charge in [0.2, 0.25) is 0 Å². The summed E-state index contributed by atoms with van der Waals surface area (Å²) in [6.07, 6.45) is 24.2. The molecular formula is C34H70O7. The standard InChI is InChI=1S/C34H70O7/c1-3-5-7-9-10-11-12-13-14-15-16-18-20-22-36-24-26-38-28-30-40-32-34-41-33-31-39-29-27-37-25-23-35-21-19-17-8-6-4-2/h3-34H2,1-2H3. The van der Waals surface area contributed by atoms with Crippen molar-refractivity contribution in [3.8, 4) is 0 Å². The Morgan fingerprint density at radius 2 is 0.366 bits per heavy atom. The lowest BCUT2D eigenvalue weighted by molar-refractivity contribution is -0.0206. The van der Waals surface area contributed by atoms with Gasteiger partial charge in [-0.2, -0.15) is 0 Å². The van der Waals surface area contributed by atoms with E-state index in [1.165, 1.54) is 103 Å². The predicted octanol–water partition coefficient (Wildman–Crippen LogP) is 8.16. The maximum atomic E-state index is 5.67. The van der Waals surface area contributed by atoms with E-state index in [9.17, 15) is 0 Å². The molecule has 0 unspecified atom stereocenters. The fourth-order valence-corrected chi connectivity index (χ4v) is 4.45. The van der Waals surface area contributed by atoms with Gasteiger partial charge in [-0.15, -0.1) is 0 Å². The molecule has 0 heterocycles. The molecule has 0 aliphatic heterocycles. The van der Waals surface area contributed by atoms with Crippen molar-refractivity contribution >= 4 is 0 Å². The highest BCUT2D eigenvalue weighted by Gasteiger charge is 1.97. The number of ether oxygens (including phenoxy) is 7. The van der Waals surface area contributed by atoms with Crippen molar-refractivity contribution in [3.63, 3.8) is 0 Å². The molecule has 0 spiro atoms. The van der Waals surface area contributed by atoms with Crippen LogP contribution in [0.4, 0.5) is 0 Å². The zero-order valence-corrected chi connectivity index (χ0v) is 27.5. The van der Waals surface area contributed by atoms with E-state index in [1.54, 1.807) is 0 Å². The maximum absolute atomic E-state index is 5.67. The molecule has 0 N–H and O–H groups in total. The van der Waals surface area contributed by atoms with Crippen molar-refractivity contribution in [2.24, 2.45) is 0 Å². The van der Waals surface area contributed by atoms with Gasteiger partial charge in [-0.05, 0) is 12.8 Å². The minimum Gasteiger partial charge on any atom is -0.379 e. The summed E-state index contributed by atoms with van der Waals surface area (Å²) in [6, 6.07) is 0. The second-order valence-electron chi connectivity index (χ2n) is 10.9. The van der Waals surface area contributed by atoms with Gasteiger partial charge in [-0.3, -0.25) is 0 Å². The predicted molar refractivity (Wildman–Crippen MR) is 170 cm³/mol. The van der Waals surface area contributed by atoms with Gasteiger partial charge in [0, 0.05) is 13.2 Å². The average molecular weight is 591 g/mol. The monoisotopic (exact) mass is 591 g/mol. The van der Waals surface area contributed by atoms with E-state index in [4.69, 9.17) is 33.2 Å². The van der Waals surface area contributed by atoms with Crippen LogP contribution in [0.1, 0.15) is 129 Å². The molecule has 7 heteroatoms. The van der Waals surface area contributed by atoms with E-state index in [2.05, 4.69) is 13.8 Å². The van der Waals surface area contributed by atoms with Crippen LogP contribution >= 0.6 is 0 Å². The second-order valence-corrected chi connectivity index (χ2v) is 10.9. The van der Waals surface area contributed by atoms with E-state index < -0.39 is 0 Å². The summed E-state index contributed by atoms with van der Waals surface area (Å²) in [5.74, 6) is 0. The highest BCUT2D eigenvalue weighted by atomic mass is 16.6. The fourth-order valence-electron chi connectivity index (χ4n) is 4.45. The third-order valence-corrected chi connectivity index (χ3v) is 7.02. The van der Waals surface area contributed by atoms with Crippen LogP contribution in [-0.4, -0.2) is 92.5 Å². The topological polar surface area (TPSA) is 64.6 Å². The van der Waals surface area contributed by atoms with E-state index in [1.807, 2.05) is 0 Å². The molecule has 0 radical (unpaired) electrons. The lowest BCUT2D eigenvalue weighted by Crippen LogP contribution is -2.14. The summed E-state index contributed by atoms with van der Waals surface area (Å²) in [6.45, 7) is 13.4. The van der Waals surface area contributed by atoms with Crippen LogP contribution in [0, 0.1) is 0 Å². The summed E-state index contributed by atoms with van der Waals surface area (Å²) >= 11 is 0. The molecule has 0 aromatic rings. The quantitative estimate of drug-likeness (QED) is 0.0672. The van der Waals surface area contributed by atoms with E-state index in [-0.39, 0.29) is 0 Å². The molecule has 0 rings (SSSR count). The lowest BCUT2D eigenvalue weighted by atomic mass is 10.0. The van der Waals surface area contributed by atoms with Gasteiger partial charge in [-0.25, -0.2) is 0 Å². The average Bonchev–Trinajstić information content (AvgIpc) is 2.98. The maximum Gasteiger partial charge on any atom is 0.0701 e. The van der Waals surface area contributed by atoms with Gasteiger partial charge >= 0.3 is 0 Å². The van der Waals surface area contributed by atoms with Crippen molar-refractivity contribution in [3.05, 3.63) is 0 Å². The molecule has 0 aliphatic carbocycles. The smallest absolute Gasteiger partial charge is 0.0701 e. The molecular weight excluding hydrogens is 520 g/mol. The van der Waals surface area contributed by atoms with Gasteiger partial charge in [-0.1, -0.05) is 117 Å². The van der Waals surface area contributed by atoms with Crippen LogP contribution < -0.4 is 0 Å². The Morgan fingerprint density at radius 3 is 0.585 bits per heavy atom. The number of unbranched alkanes of at least 4 members (excludes halogenated alkanes) is 16. The Hall–Kier alpha value is -0.280. The Labute approximate surface area is 255 Å². The zero-order valence-electron chi connectivity index (χ0n) is 27.5. The fraction of sp³-hybridized carbons (Fsp3) is 1.00. The van der Waals surface area contributed by atoms with Crippen LogP contribution in [0.3, 0.4) is 0 Å². The summed E-state index contributed by atoms with van der Waals surface area (Å²) in [7, 11) is 0. The van der Waals surface area contributed by atoms with Crippen LogP contribution in [0.2, 0.25) is 0 Å². The first-order valence-electron chi connectivity index (χ1n) is 17.5. The Morgan fingerprint density at radius 1 is 0.195 bits per heavy atom. The molecule has 0 amide bonds. The SMILES string of the molecule is CCCCCCCCCCCCCCCOCCOCCOCCOCCOCCOCCOCCCCCCC. The van der Waals surface area contributed by atoms with Crippen LogP contribution in [0.25, 0.3) is 0 Å². The normalized spacial score (nSPS) is 11.6. The summed E-state index contributed by atoms with van der Waals surface area (Å²) in [5.41, 5.74) is 0. The molecule has 0 aliphatic rings. The molecule has 0 aromatic heterocycles. The van der Waals surface area contributed by atoms with Gasteiger partial charge in [0.25, 0.3) is 0 Å². The first-order chi connectivity index (χ1) is 20.4. The highest BCUT2D eigenvalue weighted by Crippen LogP contribution is 2.12. The summed E-state index contributed by atoms with van der Waals surface area (Å²) in [4.78, 5) is 0. The summed E-state index contributed by atoms with van der Waals surface area (Å²) in [5, 5.41) is 0. The molecule has 0 bridgehead atoms. The Bertz CT molecular complexity index is 401. The minimum atomic E-state index is 0.567. The van der Waals surface area contributed by atoms with Crippen molar-refractivity contribution in [1.82, 2.24) is 0 Å². The largest absolute Gasteiger partial charge is 0.379 e. The third-order valence-electron chi connectivity index (χ3n) is 7.02. The van der Waals surface area contributed by atoms with Crippen molar-refractivity contribution < 1.29 is 33.2 Å². The van der Waals surface area contributed by atoms with Gasteiger partial charge in [0.1, 0.15) is 0 Å². The zero-order chi connectivity index (χ0) is 29.6. The van der Waals surface area contributed by atoms with Crippen molar-refractivity contribution in [2.75, 3.05) is 92.5 Å². The summed E-state index contributed by atoms with van der Waals surface area (Å²) < 4.78 is 38.8. The van der Waals surface area contributed by atoms with Crippen molar-refractivity contribution in [1.29, 1.82) is 0 Å². The molecule has 0 fully saturated rings. The first-order valence-corrected chi connectivity index (χ1v) is 17.5. The first kappa shape index (κ1) is 40.7. The van der Waals surface area contributed by atoms with Crippen LogP contribution in [0.15, 0.2) is 0 Å². The molecule has 248 valence electrons.